The zero-order valence-electron chi connectivity index (χ0n) is 18.5. The maximum atomic E-state index is 14.7. The number of amides is 1. The van der Waals surface area contributed by atoms with Gasteiger partial charge in [0.05, 0.1) is 24.5 Å². The third-order valence-corrected chi connectivity index (χ3v) is 6.97. The summed E-state index contributed by atoms with van der Waals surface area (Å²) < 4.78 is 77.3. The Morgan fingerprint density at radius 3 is 2.56 bits per heavy atom. The molecule has 3 heterocycles. The van der Waals surface area contributed by atoms with Gasteiger partial charge in [0, 0.05) is 12.7 Å². The highest BCUT2D eigenvalue weighted by atomic mass is 35.5. The number of fused-ring (bicyclic) bond motifs is 1. The summed E-state index contributed by atoms with van der Waals surface area (Å²) in [4.78, 5) is 21.2. The molecule has 16 heteroatoms. The fourth-order valence-electron chi connectivity index (χ4n) is 3.50. The molecule has 2 aromatic heterocycles. The zero-order valence-corrected chi connectivity index (χ0v) is 20.1. The molecule has 0 aliphatic carbocycles. The molecule has 1 aliphatic heterocycles. The predicted octanol–water partition coefficient (Wildman–Crippen LogP) is 2.93. The van der Waals surface area contributed by atoms with E-state index in [1.807, 2.05) is 6.92 Å². The molecule has 4 rings (SSSR count). The molecule has 36 heavy (non-hydrogen) atoms. The average molecular weight is 548 g/mol. The second kappa shape index (κ2) is 9.54. The van der Waals surface area contributed by atoms with Gasteiger partial charge in [0.25, 0.3) is 5.91 Å². The number of carbonyl (C=O) groups excluding carboxylic acids is 1. The normalized spacial score (nSPS) is 14.5. The first-order valence-corrected chi connectivity index (χ1v) is 12.2. The van der Waals surface area contributed by atoms with Crippen LogP contribution >= 0.6 is 11.6 Å². The average Bonchev–Trinajstić information content (AvgIpc) is 3.19. The Labute approximate surface area is 207 Å². The maximum Gasteiger partial charge on any atom is 0.516 e. The molecule has 0 spiro atoms. The molecule has 3 aromatic rings. The van der Waals surface area contributed by atoms with E-state index >= 15 is 0 Å². The van der Waals surface area contributed by atoms with E-state index in [1.165, 1.54) is 22.6 Å². The van der Waals surface area contributed by atoms with Gasteiger partial charge in [-0.1, -0.05) is 24.6 Å². The molecule has 0 fully saturated rings. The van der Waals surface area contributed by atoms with Crippen molar-refractivity contribution >= 4 is 45.3 Å². The molecule has 1 N–H and O–H groups in total. The number of imidazole rings is 1. The third-order valence-electron chi connectivity index (χ3n) is 5.28. The molecular formula is C20H18ClF4N7O3S. The summed E-state index contributed by atoms with van der Waals surface area (Å²) in [6.45, 7) is 0.927. The summed E-state index contributed by atoms with van der Waals surface area (Å²) in [6.07, 6.45) is 2.52. The van der Waals surface area contributed by atoms with E-state index in [0.717, 1.165) is 11.1 Å². The monoisotopic (exact) mass is 547 g/mol. The van der Waals surface area contributed by atoms with Crippen LogP contribution in [0.5, 0.6) is 0 Å². The molecule has 0 radical (unpaired) electrons. The van der Waals surface area contributed by atoms with Gasteiger partial charge in [-0.05, 0) is 30.2 Å². The zero-order chi connectivity index (χ0) is 26.3. The van der Waals surface area contributed by atoms with Gasteiger partial charge in [-0.2, -0.15) is 26.7 Å². The minimum atomic E-state index is -5.57. The van der Waals surface area contributed by atoms with Crippen molar-refractivity contribution in [3.8, 4) is 0 Å². The van der Waals surface area contributed by atoms with Crippen molar-refractivity contribution < 1.29 is 30.8 Å². The SMILES string of the molecule is CCc1nc2nc(Cl)ccn2c1C(=O)NCc1ccc(N2CCN(S(=O)(=O)C(F)(F)F)C=N2)c(F)c1. The number of rotatable bonds is 6. The fourth-order valence-corrected chi connectivity index (χ4v) is 4.39. The first-order valence-electron chi connectivity index (χ1n) is 10.4. The lowest BCUT2D eigenvalue weighted by atomic mass is 10.1. The Balaban J connectivity index is 1.46. The van der Waals surface area contributed by atoms with Gasteiger partial charge in [-0.3, -0.25) is 14.2 Å². The topological polar surface area (TPSA) is 112 Å². The van der Waals surface area contributed by atoms with E-state index < -0.39 is 33.8 Å². The van der Waals surface area contributed by atoms with Crippen LogP contribution in [-0.4, -0.2) is 57.9 Å². The highest BCUT2D eigenvalue weighted by molar-refractivity contribution is 7.90. The van der Waals surface area contributed by atoms with Crippen LogP contribution in [0.1, 0.15) is 28.7 Å². The highest BCUT2D eigenvalue weighted by Crippen LogP contribution is 2.28. The molecule has 0 saturated heterocycles. The van der Waals surface area contributed by atoms with Crippen LogP contribution in [0.3, 0.4) is 0 Å². The Morgan fingerprint density at radius 1 is 1.19 bits per heavy atom. The number of hydrazone groups is 1. The lowest BCUT2D eigenvalue weighted by Gasteiger charge is -2.29. The fraction of sp³-hybridized carbons (Fsp3) is 0.300. The number of benzene rings is 1. The first kappa shape index (κ1) is 25.6. The first-order chi connectivity index (χ1) is 16.9. The van der Waals surface area contributed by atoms with E-state index in [2.05, 4.69) is 20.4 Å². The number of nitrogens with one attached hydrogen (secondary N) is 1. The largest absolute Gasteiger partial charge is 0.516 e. The standard InChI is InChI=1S/C20H18ClF4N7O3S/c1-2-14-17(31-6-5-16(21)29-19(31)28-14)18(33)26-10-12-3-4-15(13(22)9-12)32-8-7-30(11-27-32)36(34,35)20(23,24)25/h3-6,9,11H,2,7-8,10H2,1H3,(H,26,33). The maximum absolute atomic E-state index is 14.7. The number of hydrogen-bond donors (Lipinski definition) is 1. The van der Waals surface area contributed by atoms with Gasteiger partial charge in [-0.25, -0.2) is 18.7 Å². The number of sulfonamides is 1. The number of alkyl halides is 3. The van der Waals surface area contributed by atoms with Gasteiger partial charge in [0.1, 0.15) is 23.0 Å². The van der Waals surface area contributed by atoms with E-state index in [0.29, 0.717) is 24.0 Å². The van der Waals surface area contributed by atoms with E-state index in [4.69, 9.17) is 11.6 Å². The molecule has 0 atom stereocenters. The Bertz CT molecular complexity index is 1460. The minimum Gasteiger partial charge on any atom is -0.347 e. The van der Waals surface area contributed by atoms with Crippen molar-refractivity contribution in [2.24, 2.45) is 5.10 Å². The number of aromatic nitrogens is 3. The van der Waals surface area contributed by atoms with Crippen LogP contribution in [0, 0.1) is 5.82 Å². The van der Waals surface area contributed by atoms with Crippen LogP contribution in [-0.2, 0) is 23.0 Å². The van der Waals surface area contributed by atoms with Crippen molar-refractivity contribution in [3.63, 3.8) is 0 Å². The van der Waals surface area contributed by atoms with Crippen molar-refractivity contribution in [1.82, 2.24) is 24.0 Å². The van der Waals surface area contributed by atoms with E-state index in [-0.39, 0.29) is 39.7 Å². The van der Waals surface area contributed by atoms with Gasteiger partial charge in [-0.15, -0.1) is 0 Å². The van der Waals surface area contributed by atoms with Crippen LogP contribution in [0.15, 0.2) is 35.6 Å². The summed E-state index contributed by atoms with van der Waals surface area (Å²) >= 11 is 5.89. The summed E-state index contributed by atoms with van der Waals surface area (Å²) in [6, 6.07) is 5.49. The Hall–Kier alpha value is -3.46. The number of halogens is 5. The highest BCUT2D eigenvalue weighted by Gasteiger charge is 2.50. The summed E-state index contributed by atoms with van der Waals surface area (Å²) in [7, 11) is -5.57. The second-order valence-electron chi connectivity index (χ2n) is 7.56. The summed E-state index contributed by atoms with van der Waals surface area (Å²) in [5, 5.41) is 7.60. The molecule has 0 saturated carbocycles. The summed E-state index contributed by atoms with van der Waals surface area (Å²) in [5.74, 6) is -0.947. The van der Waals surface area contributed by atoms with Crippen LogP contribution in [0.4, 0.5) is 23.2 Å². The number of nitrogens with zero attached hydrogens (tertiary/aromatic N) is 6. The molecule has 1 aromatic carbocycles. The van der Waals surface area contributed by atoms with Crippen LogP contribution < -0.4 is 10.3 Å². The molecule has 1 aliphatic rings. The predicted molar refractivity (Wildman–Crippen MR) is 122 cm³/mol. The van der Waals surface area contributed by atoms with Gasteiger partial charge in [0.15, 0.2) is 0 Å². The molecule has 0 bridgehead atoms. The smallest absolute Gasteiger partial charge is 0.347 e. The van der Waals surface area contributed by atoms with Gasteiger partial charge >= 0.3 is 15.5 Å². The lowest BCUT2D eigenvalue weighted by Crippen LogP contribution is -2.46. The molecule has 10 nitrogen and oxygen atoms in total. The number of anilines is 1. The summed E-state index contributed by atoms with van der Waals surface area (Å²) in [5.41, 5.74) is -4.35. The minimum absolute atomic E-state index is 0.0334. The second-order valence-corrected chi connectivity index (χ2v) is 9.83. The van der Waals surface area contributed by atoms with Gasteiger partial charge in [0.2, 0.25) is 5.78 Å². The van der Waals surface area contributed by atoms with Crippen LogP contribution in [0.25, 0.3) is 5.78 Å². The molecular weight excluding hydrogens is 530 g/mol. The van der Waals surface area contributed by atoms with Crippen LogP contribution in [0.2, 0.25) is 5.15 Å². The van der Waals surface area contributed by atoms with Crippen molar-refractivity contribution in [2.45, 2.75) is 25.4 Å². The Morgan fingerprint density at radius 2 is 1.94 bits per heavy atom. The molecule has 0 unspecified atom stereocenters. The quantitative estimate of drug-likeness (QED) is 0.375. The third kappa shape index (κ3) is 4.80. The molecule has 1 amide bonds. The van der Waals surface area contributed by atoms with E-state index in [9.17, 15) is 30.8 Å². The Kier molecular flexibility index (Phi) is 6.79. The van der Waals surface area contributed by atoms with Crippen molar-refractivity contribution in [1.29, 1.82) is 0 Å². The molecule has 192 valence electrons. The van der Waals surface area contributed by atoms with Crippen molar-refractivity contribution in [3.05, 3.63) is 58.4 Å². The number of aryl methyl sites for hydroxylation is 1. The lowest BCUT2D eigenvalue weighted by molar-refractivity contribution is -0.0471. The van der Waals surface area contributed by atoms with Gasteiger partial charge < -0.3 is 5.32 Å². The number of carbonyl (C=O) groups is 1. The van der Waals surface area contributed by atoms with Crippen molar-refractivity contribution in [2.75, 3.05) is 18.1 Å². The number of hydrogen-bond acceptors (Lipinski definition) is 7. The van der Waals surface area contributed by atoms with E-state index in [1.54, 1.807) is 6.20 Å².